The lowest BCUT2D eigenvalue weighted by Gasteiger charge is -2.37. The van der Waals surface area contributed by atoms with E-state index in [9.17, 15) is 29.4 Å². The van der Waals surface area contributed by atoms with E-state index in [1.165, 1.54) is 7.05 Å². The number of benzene rings is 1. The highest BCUT2D eigenvalue weighted by molar-refractivity contribution is 5.97. The molecule has 1 aliphatic carbocycles. The molecule has 2 amide bonds. The lowest BCUT2D eigenvalue weighted by Crippen LogP contribution is -2.51. The second-order valence-corrected chi connectivity index (χ2v) is 5.99. The summed E-state index contributed by atoms with van der Waals surface area (Å²) in [5.74, 6) is -8.81. The van der Waals surface area contributed by atoms with Crippen molar-refractivity contribution in [3.05, 3.63) is 30.3 Å². The van der Waals surface area contributed by atoms with Gasteiger partial charge in [0.2, 0.25) is 11.8 Å². The minimum absolute atomic E-state index is 0.123. The van der Waals surface area contributed by atoms with Crippen LogP contribution >= 0.6 is 0 Å². The molecule has 25 heavy (non-hydrogen) atoms. The normalized spacial score (nSPS) is 25.6. The molecule has 0 heterocycles. The van der Waals surface area contributed by atoms with E-state index >= 15 is 0 Å². The molecular formula is C17H20N2O6. The first-order valence-corrected chi connectivity index (χ1v) is 7.90. The molecule has 1 saturated carbocycles. The molecule has 0 bridgehead atoms. The molecule has 1 aromatic carbocycles. The van der Waals surface area contributed by atoms with E-state index in [4.69, 9.17) is 0 Å². The molecular weight excluding hydrogens is 328 g/mol. The number of hydrogen-bond donors (Lipinski definition) is 4. The van der Waals surface area contributed by atoms with Crippen LogP contribution in [-0.2, 0) is 19.2 Å². The molecule has 0 spiro atoms. The minimum atomic E-state index is -1.47. The Kier molecular flexibility index (Phi) is 5.74. The molecule has 4 unspecified atom stereocenters. The van der Waals surface area contributed by atoms with Gasteiger partial charge in [-0.3, -0.25) is 19.2 Å². The summed E-state index contributed by atoms with van der Waals surface area (Å²) in [6, 6.07) is 8.50. The highest BCUT2D eigenvalue weighted by Crippen LogP contribution is 2.40. The first-order chi connectivity index (χ1) is 11.9. The molecule has 134 valence electrons. The quantitative estimate of drug-likeness (QED) is 0.622. The van der Waals surface area contributed by atoms with Crippen LogP contribution in [0, 0.1) is 23.7 Å². The van der Waals surface area contributed by atoms with E-state index in [2.05, 4.69) is 10.6 Å². The number of para-hydroxylation sites is 1. The van der Waals surface area contributed by atoms with E-state index in [-0.39, 0.29) is 12.8 Å². The summed E-state index contributed by atoms with van der Waals surface area (Å²) >= 11 is 0. The Balaban J connectivity index is 2.29. The maximum atomic E-state index is 12.5. The summed E-state index contributed by atoms with van der Waals surface area (Å²) in [6.07, 6.45) is 0.255. The number of nitrogens with one attached hydrogen (secondary N) is 2. The lowest BCUT2D eigenvalue weighted by molar-refractivity contribution is -0.165. The highest BCUT2D eigenvalue weighted by Gasteiger charge is 2.51. The first-order valence-electron chi connectivity index (χ1n) is 7.90. The molecule has 0 aliphatic heterocycles. The summed E-state index contributed by atoms with van der Waals surface area (Å²) in [7, 11) is 1.37. The molecule has 0 aromatic heterocycles. The van der Waals surface area contributed by atoms with E-state index in [1.54, 1.807) is 30.3 Å². The Morgan fingerprint density at radius 2 is 1.36 bits per heavy atom. The summed E-state index contributed by atoms with van der Waals surface area (Å²) in [5.41, 5.74) is 0.497. The maximum Gasteiger partial charge on any atom is 0.308 e. The van der Waals surface area contributed by atoms with Crippen molar-refractivity contribution in [1.29, 1.82) is 0 Å². The van der Waals surface area contributed by atoms with Gasteiger partial charge in [0.05, 0.1) is 23.7 Å². The number of carbonyl (C=O) groups excluding carboxylic acids is 2. The topological polar surface area (TPSA) is 133 Å². The first kappa shape index (κ1) is 18.4. The second kappa shape index (κ2) is 7.78. The summed E-state index contributed by atoms with van der Waals surface area (Å²) in [6.45, 7) is 0. The monoisotopic (exact) mass is 348 g/mol. The standard InChI is InChI=1S/C17H20N2O6/c1-18-14(20)10-7-8-11(13(17(24)25)12(10)16(22)23)15(21)19-9-5-3-2-4-6-9/h2-6,10-13H,7-8H2,1H3,(H,18,20)(H,19,21)(H,22,23)(H,24,25). The zero-order chi connectivity index (χ0) is 18.6. The van der Waals surface area contributed by atoms with Gasteiger partial charge in [0.1, 0.15) is 0 Å². The Labute approximate surface area is 144 Å². The molecule has 4 N–H and O–H groups in total. The average molecular weight is 348 g/mol. The van der Waals surface area contributed by atoms with Crippen LogP contribution in [0.15, 0.2) is 30.3 Å². The fraction of sp³-hybridized carbons (Fsp3) is 0.412. The van der Waals surface area contributed by atoms with Crippen molar-refractivity contribution in [1.82, 2.24) is 5.32 Å². The van der Waals surface area contributed by atoms with Crippen LogP contribution in [0.25, 0.3) is 0 Å². The number of carboxylic acid groups (broad SMARTS) is 2. The van der Waals surface area contributed by atoms with Gasteiger partial charge in [-0.1, -0.05) is 18.2 Å². The zero-order valence-corrected chi connectivity index (χ0v) is 13.6. The highest BCUT2D eigenvalue weighted by atomic mass is 16.4. The van der Waals surface area contributed by atoms with Crippen LogP contribution in [0.3, 0.4) is 0 Å². The summed E-state index contributed by atoms with van der Waals surface area (Å²) < 4.78 is 0. The Hall–Kier alpha value is -2.90. The van der Waals surface area contributed by atoms with Gasteiger partial charge in [0.25, 0.3) is 0 Å². The number of hydrogen-bond acceptors (Lipinski definition) is 4. The average Bonchev–Trinajstić information content (AvgIpc) is 2.60. The molecule has 1 aliphatic rings. The van der Waals surface area contributed by atoms with Crippen molar-refractivity contribution in [2.75, 3.05) is 12.4 Å². The van der Waals surface area contributed by atoms with Gasteiger partial charge < -0.3 is 20.8 Å². The van der Waals surface area contributed by atoms with Crippen LogP contribution in [0.2, 0.25) is 0 Å². The SMILES string of the molecule is CNC(=O)C1CCC(C(=O)Nc2ccccc2)C(C(=O)O)C1C(=O)O. The zero-order valence-electron chi connectivity index (χ0n) is 13.6. The van der Waals surface area contributed by atoms with Gasteiger partial charge >= 0.3 is 11.9 Å². The lowest BCUT2D eigenvalue weighted by atomic mass is 9.65. The van der Waals surface area contributed by atoms with Crippen LogP contribution < -0.4 is 10.6 Å². The van der Waals surface area contributed by atoms with Crippen molar-refractivity contribution in [2.24, 2.45) is 23.7 Å². The predicted molar refractivity (Wildman–Crippen MR) is 87.6 cm³/mol. The van der Waals surface area contributed by atoms with Crippen molar-refractivity contribution >= 4 is 29.4 Å². The smallest absolute Gasteiger partial charge is 0.308 e. The molecule has 1 fully saturated rings. The van der Waals surface area contributed by atoms with Crippen LogP contribution in [-0.4, -0.2) is 41.0 Å². The van der Waals surface area contributed by atoms with Crippen LogP contribution in [0.5, 0.6) is 0 Å². The van der Waals surface area contributed by atoms with Crippen LogP contribution in [0.4, 0.5) is 5.69 Å². The molecule has 8 nitrogen and oxygen atoms in total. The van der Waals surface area contributed by atoms with Crippen LogP contribution in [0.1, 0.15) is 12.8 Å². The molecule has 2 rings (SSSR count). The molecule has 0 radical (unpaired) electrons. The van der Waals surface area contributed by atoms with Gasteiger partial charge in [-0.2, -0.15) is 0 Å². The van der Waals surface area contributed by atoms with Crippen molar-refractivity contribution in [3.63, 3.8) is 0 Å². The van der Waals surface area contributed by atoms with E-state index in [0.29, 0.717) is 5.69 Å². The van der Waals surface area contributed by atoms with Gasteiger partial charge in [0, 0.05) is 12.7 Å². The summed E-state index contributed by atoms with van der Waals surface area (Å²) in [5, 5.41) is 24.0. The van der Waals surface area contributed by atoms with Crippen molar-refractivity contribution < 1.29 is 29.4 Å². The van der Waals surface area contributed by atoms with Crippen molar-refractivity contribution in [3.8, 4) is 0 Å². The van der Waals surface area contributed by atoms with E-state index in [0.717, 1.165) is 0 Å². The largest absolute Gasteiger partial charge is 0.481 e. The third-order valence-corrected chi connectivity index (χ3v) is 4.57. The molecule has 4 atom stereocenters. The number of aliphatic carboxylic acids is 2. The molecule has 8 heteroatoms. The van der Waals surface area contributed by atoms with Gasteiger partial charge in [-0.15, -0.1) is 0 Å². The predicted octanol–water partition coefficient (Wildman–Crippen LogP) is 0.799. The van der Waals surface area contributed by atoms with Crippen molar-refractivity contribution in [2.45, 2.75) is 12.8 Å². The van der Waals surface area contributed by atoms with Gasteiger partial charge in [-0.25, -0.2) is 0 Å². The maximum absolute atomic E-state index is 12.5. The van der Waals surface area contributed by atoms with Gasteiger partial charge in [0.15, 0.2) is 0 Å². The number of amides is 2. The molecule has 0 saturated heterocycles. The molecule has 1 aromatic rings. The summed E-state index contributed by atoms with van der Waals surface area (Å²) in [4.78, 5) is 47.8. The fourth-order valence-corrected chi connectivity index (χ4v) is 3.40. The van der Waals surface area contributed by atoms with E-state index < -0.39 is 47.4 Å². The number of carbonyl (C=O) groups is 4. The minimum Gasteiger partial charge on any atom is -0.481 e. The third kappa shape index (κ3) is 3.96. The Morgan fingerprint density at radius 1 is 0.880 bits per heavy atom. The third-order valence-electron chi connectivity index (χ3n) is 4.57. The second-order valence-electron chi connectivity index (χ2n) is 5.99. The number of carboxylic acids is 2. The Bertz CT molecular complexity index is 675. The number of rotatable bonds is 5. The number of anilines is 1. The van der Waals surface area contributed by atoms with Gasteiger partial charge in [-0.05, 0) is 25.0 Å². The van der Waals surface area contributed by atoms with E-state index in [1.807, 2.05) is 0 Å². The Morgan fingerprint density at radius 3 is 1.80 bits per heavy atom. The fourth-order valence-electron chi connectivity index (χ4n) is 3.40.